The SMILES string of the molecule is CC(C)(CC(=O)NC1COc2ccccc21)C(=O)O. The lowest BCUT2D eigenvalue weighted by Gasteiger charge is -2.20. The van der Waals surface area contributed by atoms with Crippen LogP contribution >= 0.6 is 0 Å². The van der Waals surface area contributed by atoms with Crippen LogP contribution in [0.3, 0.4) is 0 Å². The number of nitrogens with one attached hydrogen (secondary N) is 1. The van der Waals surface area contributed by atoms with Crippen molar-refractivity contribution in [1.82, 2.24) is 5.32 Å². The van der Waals surface area contributed by atoms with Crippen molar-refractivity contribution in [3.63, 3.8) is 0 Å². The summed E-state index contributed by atoms with van der Waals surface area (Å²) in [5.41, 5.74) is -0.132. The Morgan fingerprint density at radius 2 is 2.11 bits per heavy atom. The fourth-order valence-corrected chi connectivity index (χ4v) is 2.00. The molecule has 0 radical (unpaired) electrons. The molecule has 2 N–H and O–H groups in total. The van der Waals surface area contributed by atoms with Gasteiger partial charge in [0.2, 0.25) is 5.91 Å². The van der Waals surface area contributed by atoms with E-state index in [0.29, 0.717) is 6.61 Å². The number of ether oxygens (including phenoxy) is 1. The molecular weight excluding hydrogens is 246 g/mol. The van der Waals surface area contributed by atoms with Gasteiger partial charge < -0.3 is 15.2 Å². The highest BCUT2D eigenvalue weighted by Gasteiger charge is 2.32. The molecule has 0 aliphatic carbocycles. The van der Waals surface area contributed by atoms with Crippen molar-refractivity contribution < 1.29 is 19.4 Å². The second-order valence-electron chi connectivity index (χ2n) is 5.33. The molecule has 0 aromatic heterocycles. The number of aliphatic carboxylic acids is 1. The number of hydrogen-bond donors (Lipinski definition) is 2. The van der Waals surface area contributed by atoms with Crippen LogP contribution in [0, 0.1) is 5.41 Å². The van der Waals surface area contributed by atoms with Crippen molar-refractivity contribution in [3.8, 4) is 5.75 Å². The highest BCUT2D eigenvalue weighted by atomic mass is 16.5. The van der Waals surface area contributed by atoms with Crippen molar-refractivity contribution in [2.45, 2.75) is 26.3 Å². The molecule has 1 aliphatic rings. The normalized spacial score (nSPS) is 17.5. The minimum absolute atomic E-state index is 0.0546. The molecule has 1 unspecified atom stereocenters. The van der Waals surface area contributed by atoms with Gasteiger partial charge in [-0.1, -0.05) is 18.2 Å². The molecular formula is C14H17NO4. The van der Waals surface area contributed by atoms with E-state index in [4.69, 9.17) is 9.84 Å². The Kier molecular flexibility index (Phi) is 3.46. The van der Waals surface area contributed by atoms with E-state index in [0.717, 1.165) is 11.3 Å². The summed E-state index contributed by atoms with van der Waals surface area (Å²) in [7, 11) is 0. The Balaban J connectivity index is 2.00. The molecule has 0 bridgehead atoms. The fraction of sp³-hybridized carbons (Fsp3) is 0.429. The molecule has 5 heteroatoms. The Morgan fingerprint density at radius 1 is 1.42 bits per heavy atom. The van der Waals surface area contributed by atoms with Gasteiger partial charge in [0.25, 0.3) is 0 Å². The molecule has 1 aromatic carbocycles. The minimum atomic E-state index is -1.07. The predicted molar refractivity (Wildman–Crippen MR) is 68.9 cm³/mol. The van der Waals surface area contributed by atoms with Crippen LogP contribution < -0.4 is 10.1 Å². The van der Waals surface area contributed by atoms with Gasteiger partial charge in [0, 0.05) is 12.0 Å². The van der Waals surface area contributed by atoms with Crippen LogP contribution in [0.5, 0.6) is 5.75 Å². The number of carbonyl (C=O) groups excluding carboxylic acids is 1. The number of para-hydroxylation sites is 1. The second-order valence-corrected chi connectivity index (χ2v) is 5.33. The monoisotopic (exact) mass is 263 g/mol. The number of carbonyl (C=O) groups is 2. The molecule has 1 aromatic rings. The van der Waals surface area contributed by atoms with Crippen LogP contribution in [-0.2, 0) is 9.59 Å². The van der Waals surface area contributed by atoms with Gasteiger partial charge in [-0.05, 0) is 19.9 Å². The highest BCUT2D eigenvalue weighted by Crippen LogP contribution is 2.32. The van der Waals surface area contributed by atoms with Crippen molar-refractivity contribution in [2.75, 3.05) is 6.61 Å². The number of benzene rings is 1. The zero-order chi connectivity index (χ0) is 14.0. The van der Waals surface area contributed by atoms with Crippen LogP contribution in [-0.4, -0.2) is 23.6 Å². The molecule has 0 fully saturated rings. The summed E-state index contributed by atoms with van der Waals surface area (Å²) in [5, 5.41) is 11.8. The van der Waals surface area contributed by atoms with Gasteiger partial charge in [-0.3, -0.25) is 9.59 Å². The summed E-state index contributed by atoms with van der Waals surface area (Å²) < 4.78 is 5.46. The lowest BCUT2D eigenvalue weighted by molar-refractivity contribution is -0.149. The Hall–Kier alpha value is -2.04. The number of amides is 1. The third-order valence-electron chi connectivity index (χ3n) is 3.22. The number of carboxylic acids is 1. The first kappa shape index (κ1) is 13.4. The van der Waals surface area contributed by atoms with Gasteiger partial charge in [0.1, 0.15) is 12.4 Å². The fourth-order valence-electron chi connectivity index (χ4n) is 2.00. The predicted octanol–water partition coefficient (Wildman–Crippen LogP) is 1.74. The number of fused-ring (bicyclic) bond motifs is 1. The number of rotatable bonds is 4. The summed E-state index contributed by atoms with van der Waals surface area (Å²) in [4.78, 5) is 22.9. The first-order valence-corrected chi connectivity index (χ1v) is 6.14. The maximum absolute atomic E-state index is 11.9. The third-order valence-corrected chi connectivity index (χ3v) is 3.22. The van der Waals surface area contributed by atoms with Gasteiger partial charge in [-0.25, -0.2) is 0 Å². The number of carboxylic acid groups (broad SMARTS) is 1. The summed E-state index contributed by atoms with van der Waals surface area (Å²) in [5.74, 6) is -0.492. The van der Waals surface area contributed by atoms with E-state index in [9.17, 15) is 9.59 Å². The maximum Gasteiger partial charge on any atom is 0.309 e. The summed E-state index contributed by atoms with van der Waals surface area (Å²) in [6.07, 6.45) is -0.0546. The molecule has 1 amide bonds. The van der Waals surface area contributed by atoms with Gasteiger partial charge in [-0.2, -0.15) is 0 Å². The average molecular weight is 263 g/mol. The van der Waals surface area contributed by atoms with E-state index in [1.54, 1.807) is 0 Å². The van der Waals surface area contributed by atoms with Crippen molar-refractivity contribution in [2.24, 2.45) is 5.41 Å². The molecule has 1 aliphatic heterocycles. The Morgan fingerprint density at radius 3 is 2.79 bits per heavy atom. The van der Waals surface area contributed by atoms with Crippen LogP contribution in [0.4, 0.5) is 0 Å². The van der Waals surface area contributed by atoms with Crippen molar-refractivity contribution in [1.29, 1.82) is 0 Å². The Labute approximate surface area is 111 Å². The lowest BCUT2D eigenvalue weighted by Crippen LogP contribution is -2.35. The molecule has 19 heavy (non-hydrogen) atoms. The van der Waals surface area contributed by atoms with Crippen molar-refractivity contribution in [3.05, 3.63) is 29.8 Å². The van der Waals surface area contributed by atoms with Gasteiger partial charge in [-0.15, -0.1) is 0 Å². The average Bonchev–Trinajstić information content (AvgIpc) is 2.72. The summed E-state index contributed by atoms with van der Waals surface area (Å²) in [6.45, 7) is 3.46. The summed E-state index contributed by atoms with van der Waals surface area (Å²) in [6, 6.07) is 7.30. The molecule has 1 heterocycles. The number of hydrogen-bond acceptors (Lipinski definition) is 3. The third kappa shape index (κ3) is 2.86. The zero-order valence-electron chi connectivity index (χ0n) is 11.0. The molecule has 2 rings (SSSR count). The molecule has 0 saturated carbocycles. The molecule has 0 saturated heterocycles. The van der Waals surface area contributed by atoms with Crippen LogP contribution in [0.25, 0.3) is 0 Å². The van der Waals surface area contributed by atoms with E-state index >= 15 is 0 Å². The van der Waals surface area contributed by atoms with E-state index in [1.165, 1.54) is 13.8 Å². The largest absolute Gasteiger partial charge is 0.491 e. The van der Waals surface area contributed by atoms with Crippen molar-refractivity contribution >= 4 is 11.9 Å². The van der Waals surface area contributed by atoms with E-state index < -0.39 is 11.4 Å². The van der Waals surface area contributed by atoms with Crippen LogP contribution in [0.15, 0.2) is 24.3 Å². The molecule has 102 valence electrons. The van der Waals surface area contributed by atoms with Gasteiger partial charge in [0.15, 0.2) is 0 Å². The van der Waals surface area contributed by atoms with E-state index in [2.05, 4.69) is 5.32 Å². The van der Waals surface area contributed by atoms with Gasteiger partial charge >= 0.3 is 5.97 Å². The van der Waals surface area contributed by atoms with E-state index in [-0.39, 0.29) is 18.4 Å². The molecule has 5 nitrogen and oxygen atoms in total. The lowest BCUT2D eigenvalue weighted by atomic mass is 9.89. The first-order valence-electron chi connectivity index (χ1n) is 6.14. The zero-order valence-corrected chi connectivity index (χ0v) is 11.0. The quantitative estimate of drug-likeness (QED) is 0.867. The highest BCUT2D eigenvalue weighted by molar-refractivity contribution is 5.84. The Bertz CT molecular complexity index is 510. The summed E-state index contributed by atoms with van der Waals surface area (Å²) >= 11 is 0. The maximum atomic E-state index is 11.9. The molecule has 0 spiro atoms. The minimum Gasteiger partial charge on any atom is -0.491 e. The molecule has 1 atom stereocenters. The van der Waals surface area contributed by atoms with Crippen LogP contribution in [0.2, 0.25) is 0 Å². The topological polar surface area (TPSA) is 75.6 Å². The first-order chi connectivity index (χ1) is 8.90. The van der Waals surface area contributed by atoms with Gasteiger partial charge in [0.05, 0.1) is 11.5 Å². The standard InChI is InChI=1S/C14H17NO4/c1-14(2,13(17)18)7-12(16)15-10-8-19-11-6-4-3-5-9(10)11/h3-6,10H,7-8H2,1-2H3,(H,15,16)(H,17,18). The van der Waals surface area contributed by atoms with Crippen LogP contribution in [0.1, 0.15) is 31.9 Å². The van der Waals surface area contributed by atoms with E-state index in [1.807, 2.05) is 24.3 Å². The smallest absolute Gasteiger partial charge is 0.309 e. The second kappa shape index (κ2) is 4.91.